The second-order valence-corrected chi connectivity index (χ2v) is 5.10. The zero-order chi connectivity index (χ0) is 14.0. The van der Waals surface area contributed by atoms with Crippen LogP contribution < -0.4 is 5.73 Å². The first-order valence-corrected chi connectivity index (χ1v) is 6.75. The number of nitrogens with zero attached hydrogens (tertiary/aromatic N) is 2. The van der Waals surface area contributed by atoms with Crippen molar-refractivity contribution in [2.24, 2.45) is 5.73 Å². The fourth-order valence-corrected chi connectivity index (χ4v) is 2.51. The third kappa shape index (κ3) is 2.84. The number of halogens is 3. The van der Waals surface area contributed by atoms with E-state index in [9.17, 15) is 8.78 Å². The van der Waals surface area contributed by atoms with E-state index in [1.165, 1.54) is 12.1 Å². The van der Waals surface area contributed by atoms with Crippen molar-refractivity contribution in [3.63, 3.8) is 0 Å². The summed E-state index contributed by atoms with van der Waals surface area (Å²) in [6.07, 6.45) is 2.52. The lowest BCUT2D eigenvalue weighted by Crippen LogP contribution is -2.19. The highest BCUT2D eigenvalue weighted by Crippen LogP contribution is 2.28. The molecule has 1 atom stereocenters. The zero-order valence-corrected chi connectivity index (χ0v) is 12.0. The van der Waals surface area contributed by atoms with Gasteiger partial charge >= 0.3 is 0 Å². The Kier molecular flexibility index (Phi) is 4.31. The number of hydrogen-bond donors (Lipinski definition) is 1. The van der Waals surface area contributed by atoms with Gasteiger partial charge in [0.05, 0.1) is 22.4 Å². The third-order valence-electron chi connectivity index (χ3n) is 2.86. The smallest absolute Gasteiger partial charge is 0.131 e. The highest BCUT2D eigenvalue weighted by molar-refractivity contribution is 9.10. The fourth-order valence-electron chi connectivity index (χ4n) is 1.97. The van der Waals surface area contributed by atoms with Gasteiger partial charge in [0.15, 0.2) is 0 Å². The van der Waals surface area contributed by atoms with E-state index in [0.29, 0.717) is 12.2 Å². The standard InChI is InChI=1S/C13H14BrF2N3/c1-2-5-19-13(10(14)7-18-19)12(17)9-4-3-8(15)6-11(9)16/h3-4,6-7,12H,2,5,17H2,1H3. The molecule has 19 heavy (non-hydrogen) atoms. The number of aryl methyl sites for hydroxylation is 1. The minimum atomic E-state index is -0.691. The van der Waals surface area contributed by atoms with Crippen molar-refractivity contribution in [1.82, 2.24) is 9.78 Å². The lowest BCUT2D eigenvalue weighted by molar-refractivity contribution is 0.536. The number of rotatable bonds is 4. The maximum absolute atomic E-state index is 13.8. The van der Waals surface area contributed by atoms with E-state index in [4.69, 9.17) is 5.73 Å². The molecule has 0 radical (unpaired) electrons. The van der Waals surface area contributed by atoms with E-state index >= 15 is 0 Å². The van der Waals surface area contributed by atoms with E-state index < -0.39 is 17.7 Å². The SMILES string of the molecule is CCCn1ncc(Br)c1C(N)c1ccc(F)cc1F. The first kappa shape index (κ1) is 14.1. The molecule has 3 nitrogen and oxygen atoms in total. The van der Waals surface area contributed by atoms with Gasteiger partial charge in [-0.2, -0.15) is 5.10 Å². The molecule has 1 aromatic carbocycles. The Bertz CT molecular complexity index is 583. The molecule has 0 aliphatic heterocycles. The minimum Gasteiger partial charge on any atom is -0.319 e. The van der Waals surface area contributed by atoms with Crippen molar-refractivity contribution in [2.75, 3.05) is 0 Å². The molecule has 0 amide bonds. The Balaban J connectivity index is 2.43. The van der Waals surface area contributed by atoms with Crippen molar-refractivity contribution in [3.8, 4) is 0 Å². The van der Waals surface area contributed by atoms with Gasteiger partial charge in [0.1, 0.15) is 11.6 Å². The van der Waals surface area contributed by atoms with Gasteiger partial charge in [-0.1, -0.05) is 13.0 Å². The minimum absolute atomic E-state index is 0.250. The van der Waals surface area contributed by atoms with Gasteiger partial charge in [-0.3, -0.25) is 4.68 Å². The van der Waals surface area contributed by atoms with E-state index in [1.807, 2.05) is 6.92 Å². The van der Waals surface area contributed by atoms with Crippen molar-refractivity contribution in [2.45, 2.75) is 25.9 Å². The van der Waals surface area contributed by atoms with Gasteiger partial charge < -0.3 is 5.73 Å². The molecule has 102 valence electrons. The van der Waals surface area contributed by atoms with Crippen LogP contribution >= 0.6 is 15.9 Å². The second-order valence-electron chi connectivity index (χ2n) is 4.24. The number of benzene rings is 1. The summed E-state index contributed by atoms with van der Waals surface area (Å²) in [6, 6.07) is 2.71. The lowest BCUT2D eigenvalue weighted by Gasteiger charge is -2.16. The Labute approximate surface area is 118 Å². The molecule has 2 rings (SSSR count). The Morgan fingerprint density at radius 2 is 2.16 bits per heavy atom. The molecule has 1 heterocycles. The van der Waals surface area contributed by atoms with E-state index in [1.54, 1.807) is 10.9 Å². The van der Waals surface area contributed by atoms with Crippen LogP contribution in [0.5, 0.6) is 0 Å². The summed E-state index contributed by atoms with van der Waals surface area (Å²) >= 11 is 3.36. The molecule has 2 aromatic rings. The summed E-state index contributed by atoms with van der Waals surface area (Å²) in [5.74, 6) is -1.27. The molecular formula is C13H14BrF2N3. The van der Waals surface area contributed by atoms with Crippen LogP contribution in [0.25, 0.3) is 0 Å². The van der Waals surface area contributed by atoms with Gasteiger partial charge in [-0.15, -0.1) is 0 Å². The van der Waals surface area contributed by atoms with Crippen molar-refractivity contribution in [1.29, 1.82) is 0 Å². The van der Waals surface area contributed by atoms with Crippen LogP contribution in [0, 0.1) is 11.6 Å². The summed E-state index contributed by atoms with van der Waals surface area (Å²) in [6.45, 7) is 2.71. The van der Waals surface area contributed by atoms with Crippen LogP contribution in [0.4, 0.5) is 8.78 Å². The quantitative estimate of drug-likeness (QED) is 0.934. The second kappa shape index (κ2) is 5.79. The largest absolute Gasteiger partial charge is 0.319 e. The predicted molar refractivity (Wildman–Crippen MR) is 72.6 cm³/mol. The van der Waals surface area contributed by atoms with E-state index in [2.05, 4.69) is 21.0 Å². The first-order valence-electron chi connectivity index (χ1n) is 5.96. The molecule has 0 aliphatic carbocycles. The number of aromatic nitrogens is 2. The molecule has 2 N–H and O–H groups in total. The molecule has 1 aromatic heterocycles. The third-order valence-corrected chi connectivity index (χ3v) is 3.47. The summed E-state index contributed by atoms with van der Waals surface area (Å²) in [4.78, 5) is 0. The van der Waals surface area contributed by atoms with Crippen LogP contribution in [-0.2, 0) is 6.54 Å². The zero-order valence-electron chi connectivity index (χ0n) is 10.4. The molecule has 0 bridgehead atoms. The summed E-state index contributed by atoms with van der Waals surface area (Å²) in [5.41, 5.74) is 7.03. The van der Waals surface area contributed by atoms with Crippen molar-refractivity contribution in [3.05, 3.63) is 51.8 Å². The monoisotopic (exact) mass is 329 g/mol. The van der Waals surface area contributed by atoms with Gasteiger partial charge in [-0.25, -0.2) is 8.78 Å². The Hall–Kier alpha value is -1.27. The topological polar surface area (TPSA) is 43.8 Å². The van der Waals surface area contributed by atoms with Gasteiger partial charge in [0.25, 0.3) is 0 Å². The van der Waals surface area contributed by atoms with Crippen LogP contribution in [0.15, 0.2) is 28.9 Å². The fraction of sp³-hybridized carbons (Fsp3) is 0.308. The average molecular weight is 330 g/mol. The van der Waals surface area contributed by atoms with Gasteiger partial charge in [0, 0.05) is 18.2 Å². The van der Waals surface area contributed by atoms with Crippen LogP contribution in [0.2, 0.25) is 0 Å². The Morgan fingerprint density at radius 1 is 1.42 bits per heavy atom. The van der Waals surface area contributed by atoms with Crippen LogP contribution in [0.3, 0.4) is 0 Å². The van der Waals surface area contributed by atoms with Gasteiger partial charge in [0.2, 0.25) is 0 Å². The molecule has 1 unspecified atom stereocenters. The highest BCUT2D eigenvalue weighted by Gasteiger charge is 2.21. The van der Waals surface area contributed by atoms with E-state index in [-0.39, 0.29) is 5.56 Å². The Morgan fingerprint density at radius 3 is 2.79 bits per heavy atom. The molecule has 0 aliphatic rings. The van der Waals surface area contributed by atoms with Crippen molar-refractivity contribution >= 4 is 15.9 Å². The average Bonchev–Trinajstić information content (AvgIpc) is 2.70. The highest BCUT2D eigenvalue weighted by atomic mass is 79.9. The summed E-state index contributed by atoms with van der Waals surface area (Å²) in [5, 5.41) is 4.19. The molecule has 6 heteroatoms. The summed E-state index contributed by atoms with van der Waals surface area (Å²) in [7, 11) is 0. The molecule has 0 saturated heterocycles. The van der Waals surface area contributed by atoms with Gasteiger partial charge in [-0.05, 0) is 28.4 Å². The maximum atomic E-state index is 13.8. The first-order chi connectivity index (χ1) is 9.04. The molecule has 0 fully saturated rings. The molecule has 0 saturated carbocycles. The normalized spacial score (nSPS) is 12.7. The number of nitrogens with two attached hydrogens (primary N) is 1. The van der Waals surface area contributed by atoms with Crippen molar-refractivity contribution < 1.29 is 8.78 Å². The molecular weight excluding hydrogens is 316 g/mol. The van der Waals surface area contributed by atoms with E-state index in [0.717, 1.165) is 17.0 Å². The summed E-state index contributed by atoms with van der Waals surface area (Å²) < 4.78 is 29.2. The maximum Gasteiger partial charge on any atom is 0.131 e. The lowest BCUT2D eigenvalue weighted by atomic mass is 10.0. The number of hydrogen-bond acceptors (Lipinski definition) is 2. The molecule has 0 spiro atoms. The van der Waals surface area contributed by atoms with Crippen LogP contribution in [0.1, 0.15) is 30.6 Å². The predicted octanol–water partition coefficient (Wildman–Crippen LogP) is 3.38. The van der Waals surface area contributed by atoms with Crippen LogP contribution in [-0.4, -0.2) is 9.78 Å².